The zero-order valence-electron chi connectivity index (χ0n) is 8.27. The topological polar surface area (TPSA) is 77.2 Å². The molecule has 1 aromatic rings. The van der Waals surface area contributed by atoms with Gasteiger partial charge in [0.15, 0.2) is 11.7 Å². The molecular weight excluding hydrogens is 194 g/mol. The van der Waals surface area contributed by atoms with Crippen LogP contribution in [0.4, 0.5) is 0 Å². The van der Waals surface area contributed by atoms with Crippen molar-refractivity contribution >= 4 is 17.5 Å². The Balaban J connectivity index is 3.02. The molecule has 1 amide bonds. The van der Waals surface area contributed by atoms with Gasteiger partial charge in [-0.3, -0.25) is 14.4 Å². The van der Waals surface area contributed by atoms with E-state index >= 15 is 0 Å². The number of rotatable bonds is 4. The molecule has 0 spiro atoms. The maximum absolute atomic E-state index is 11.7. The number of hydrogen-bond donors (Lipinski definition) is 1. The fraction of sp³-hybridized carbons (Fsp3) is 0.182. The molecule has 0 heterocycles. The number of nitrogens with two attached hydrogens (primary N) is 1. The monoisotopic (exact) mass is 205 g/mol. The molecule has 1 atom stereocenters. The van der Waals surface area contributed by atoms with E-state index in [4.69, 9.17) is 5.73 Å². The summed E-state index contributed by atoms with van der Waals surface area (Å²) in [4.78, 5) is 33.7. The van der Waals surface area contributed by atoms with Gasteiger partial charge in [0.2, 0.25) is 5.91 Å². The van der Waals surface area contributed by atoms with Crippen molar-refractivity contribution in [2.24, 2.45) is 11.7 Å². The van der Waals surface area contributed by atoms with E-state index in [0.717, 1.165) is 0 Å². The van der Waals surface area contributed by atoms with Gasteiger partial charge in [-0.25, -0.2) is 0 Å². The van der Waals surface area contributed by atoms with Crippen LogP contribution in [0.1, 0.15) is 17.3 Å². The molecule has 4 heteroatoms. The van der Waals surface area contributed by atoms with E-state index in [1.807, 2.05) is 0 Å². The number of amides is 1. The van der Waals surface area contributed by atoms with Crippen molar-refractivity contribution in [1.82, 2.24) is 0 Å². The van der Waals surface area contributed by atoms with Gasteiger partial charge >= 0.3 is 0 Å². The molecule has 0 saturated carbocycles. The van der Waals surface area contributed by atoms with Crippen LogP contribution in [0.25, 0.3) is 0 Å². The molecule has 0 fully saturated rings. The Morgan fingerprint density at radius 3 is 2.07 bits per heavy atom. The average molecular weight is 205 g/mol. The van der Waals surface area contributed by atoms with E-state index in [1.54, 1.807) is 30.3 Å². The van der Waals surface area contributed by atoms with Gasteiger partial charge in [-0.15, -0.1) is 0 Å². The van der Waals surface area contributed by atoms with Gasteiger partial charge in [-0.05, 0) is 6.92 Å². The number of ketones is 2. The van der Waals surface area contributed by atoms with Crippen LogP contribution in [0.2, 0.25) is 0 Å². The zero-order valence-corrected chi connectivity index (χ0v) is 8.27. The van der Waals surface area contributed by atoms with Crippen LogP contribution in [-0.2, 0) is 9.59 Å². The molecule has 0 aromatic heterocycles. The van der Waals surface area contributed by atoms with Crippen LogP contribution in [0.15, 0.2) is 30.3 Å². The summed E-state index contributed by atoms with van der Waals surface area (Å²) in [6, 6.07) is 8.14. The largest absolute Gasteiger partial charge is 0.369 e. The van der Waals surface area contributed by atoms with Crippen molar-refractivity contribution in [3.63, 3.8) is 0 Å². The van der Waals surface area contributed by atoms with Gasteiger partial charge in [-0.2, -0.15) is 0 Å². The highest BCUT2D eigenvalue weighted by atomic mass is 16.2. The molecule has 1 unspecified atom stereocenters. The van der Waals surface area contributed by atoms with Crippen LogP contribution in [0, 0.1) is 5.92 Å². The fourth-order valence-corrected chi connectivity index (χ4v) is 1.28. The van der Waals surface area contributed by atoms with E-state index in [0.29, 0.717) is 5.56 Å². The van der Waals surface area contributed by atoms with Crippen molar-refractivity contribution in [2.45, 2.75) is 6.92 Å². The molecule has 1 aromatic carbocycles. The Labute approximate surface area is 87.1 Å². The normalized spacial score (nSPS) is 11.8. The average Bonchev–Trinajstić information content (AvgIpc) is 2.18. The molecule has 4 nitrogen and oxygen atoms in total. The van der Waals surface area contributed by atoms with Gasteiger partial charge in [0.25, 0.3) is 0 Å². The third kappa shape index (κ3) is 2.49. The zero-order chi connectivity index (χ0) is 11.4. The second-order valence-corrected chi connectivity index (χ2v) is 3.18. The van der Waals surface area contributed by atoms with Crippen LogP contribution in [0.5, 0.6) is 0 Å². The van der Waals surface area contributed by atoms with Crippen molar-refractivity contribution in [1.29, 1.82) is 0 Å². The summed E-state index contributed by atoms with van der Waals surface area (Å²) in [5, 5.41) is 0. The number of hydrogen-bond acceptors (Lipinski definition) is 3. The lowest BCUT2D eigenvalue weighted by Gasteiger charge is -2.07. The lowest BCUT2D eigenvalue weighted by molar-refractivity contribution is -0.128. The maximum Gasteiger partial charge on any atom is 0.235 e. The lowest BCUT2D eigenvalue weighted by Crippen LogP contribution is -2.35. The third-order valence-corrected chi connectivity index (χ3v) is 2.01. The first kappa shape index (κ1) is 11.1. The molecule has 78 valence electrons. The van der Waals surface area contributed by atoms with Crippen LogP contribution in [0.3, 0.4) is 0 Å². The maximum atomic E-state index is 11.7. The van der Waals surface area contributed by atoms with Crippen molar-refractivity contribution in [2.75, 3.05) is 0 Å². The van der Waals surface area contributed by atoms with Crippen molar-refractivity contribution < 1.29 is 14.4 Å². The Morgan fingerprint density at radius 1 is 1.13 bits per heavy atom. The van der Waals surface area contributed by atoms with E-state index in [-0.39, 0.29) is 0 Å². The van der Waals surface area contributed by atoms with Crippen molar-refractivity contribution in [3.05, 3.63) is 35.9 Å². The molecule has 0 bridgehead atoms. The Kier molecular flexibility index (Phi) is 3.33. The van der Waals surface area contributed by atoms with Gasteiger partial charge in [0, 0.05) is 5.56 Å². The summed E-state index contributed by atoms with van der Waals surface area (Å²) in [5.74, 6) is -3.35. The van der Waals surface area contributed by atoms with E-state index in [2.05, 4.69) is 0 Å². The Bertz CT molecular complexity index is 384. The molecule has 1 rings (SSSR count). The van der Waals surface area contributed by atoms with Gasteiger partial charge in [-0.1, -0.05) is 30.3 Å². The van der Waals surface area contributed by atoms with Gasteiger partial charge in [0.1, 0.15) is 5.78 Å². The summed E-state index contributed by atoms with van der Waals surface area (Å²) in [7, 11) is 0. The lowest BCUT2D eigenvalue weighted by atomic mass is 9.94. The summed E-state index contributed by atoms with van der Waals surface area (Å²) in [5.41, 5.74) is 5.31. The summed E-state index contributed by atoms with van der Waals surface area (Å²) >= 11 is 0. The van der Waals surface area contributed by atoms with Gasteiger partial charge < -0.3 is 5.73 Å². The second kappa shape index (κ2) is 4.50. The minimum absolute atomic E-state index is 0.316. The standard InChI is InChI=1S/C11H11NO3/c1-7(13)9(11(12)15)10(14)8-5-3-2-4-6-8/h2-6,9H,1H3,(H2,12,15). The van der Waals surface area contributed by atoms with Crippen LogP contribution < -0.4 is 5.73 Å². The van der Waals surface area contributed by atoms with Crippen LogP contribution >= 0.6 is 0 Å². The highest BCUT2D eigenvalue weighted by Gasteiger charge is 2.29. The predicted octanol–water partition coefficient (Wildman–Crippen LogP) is 0.560. The van der Waals surface area contributed by atoms with Gasteiger partial charge in [0.05, 0.1) is 0 Å². The summed E-state index contributed by atoms with van der Waals surface area (Å²) < 4.78 is 0. The molecule has 15 heavy (non-hydrogen) atoms. The number of primary amides is 1. The summed E-state index contributed by atoms with van der Waals surface area (Å²) in [6.45, 7) is 1.18. The highest BCUT2D eigenvalue weighted by Crippen LogP contribution is 2.09. The number of benzene rings is 1. The Morgan fingerprint density at radius 2 is 1.67 bits per heavy atom. The molecule has 0 aliphatic heterocycles. The highest BCUT2D eigenvalue weighted by molar-refractivity contribution is 6.22. The number of carbonyl (C=O) groups excluding carboxylic acids is 3. The van der Waals surface area contributed by atoms with E-state index < -0.39 is 23.4 Å². The van der Waals surface area contributed by atoms with Crippen molar-refractivity contribution in [3.8, 4) is 0 Å². The van der Waals surface area contributed by atoms with Crippen LogP contribution in [-0.4, -0.2) is 17.5 Å². The first-order valence-corrected chi connectivity index (χ1v) is 4.43. The van der Waals surface area contributed by atoms with E-state index in [1.165, 1.54) is 6.92 Å². The minimum Gasteiger partial charge on any atom is -0.369 e. The minimum atomic E-state index is -1.37. The molecule has 0 saturated heterocycles. The number of Topliss-reactive ketones (excluding diaryl/α,β-unsaturated/α-hetero) is 2. The second-order valence-electron chi connectivity index (χ2n) is 3.18. The fourth-order valence-electron chi connectivity index (χ4n) is 1.28. The van der Waals surface area contributed by atoms with E-state index in [9.17, 15) is 14.4 Å². The molecule has 2 N–H and O–H groups in total. The number of carbonyl (C=O) groups is 3. The predicted molar refractivity (Wildman–Crippen MR) is 54.1 cm³/mol. The molecular formula is C11H11NO3. The Hall–Kier alpha value is -1.97. The first-order valence-electron chi connectivity index (χ1n) is 4.43. The summed E-state index contributed by atoms with van der Waals surface area (Å²) in [6.07, 6.45) is 0. The quantitative estimate of drug-likeness (QED) is 0.576. The molecule has 0 aliphatic rings. The third-order valence-electron chi connectivity index (χ3n) is 2.01. The smallest absolute Gasteiger partial charge is 0.235 e. The first-order chi connectivity index (χ1) is 7.04. The SMILES string of the molecule is CC(=O)C(C(N)=O)C(=O)c1ccccc1. The molecule has 0 radical (unpaired) electrons. The molecule has 0 aliphatic carbocycles.